The number of rotatable bonds is 4. The highest BCUT2D eigenvalue weighted by molar-refractivity contribution is 7.92. The van der Waals surface area contributed by atoms with Crippen molar-refractivity contribution in [3.63, 3.8) is 0 Å². The normalized spacial score (nSPS) is 25.3. The molecule has 2 aliphatic rings. The van der Waals surface area contributed by atoms with Gasteiger partial charge in [-0.3, -0.25) is 4.79 Å². The lowest BCUT2D eigenvalue weighted by molar-refractivity contribution is -0.132. The molecule has 1 unspecified atom stereocenters. The van der Waals surface area contributed by atoms with Gasteiger partial charge in [-0.25, -0.2) is 8.42 Å². The monoisotopic (exact) mass is 290 g/mol. The number of hydrogen-bond donors (Lipinski definition) is 1. The lowest BCUT2D eigenvalue weighted by Crippen LogP contribution is -2.44. The molecule has 2 heterocycles. The van der Waals surface area contributed by atoms with Crippen LogP contribution in [-0.2, 0) is 19.4 Å². The van der Waals surface area contributed by atoms with E-state index in [1.807, 2.05) is 0 Å². The summed E-state index contributed by atoms with van der Waals surface area (Å²) in [5, 5.41) is 3.20. The number of amides is 1. The third-order valence-electron chi connectivity index (χ3n) is 3.60. The Morgan fingerprint density at radius 3 is 2.68 bits per heavy atom. The molecule has 0 bridgehead atoms. The van der Waals surface area contributed by atoms with E-state index in [0.29, 0.717) is 26.3 Å². The molecule has 110 valence electrons. The van der Waals surface area contributed by atoms with Crippen LogP contribution in [0, 0.1) is 5.92 Å². The van der Waals surface area contributed by atoms with Crippen LogP contribution in [0.3, 0.4) is 0 Å². The van der Waals surface area contributed by atoms with E-state index in [0.717, 1.165) is 25.9 Å². The molecular weight excluding hydrogens is 268 g/mol. The Hall–Kier alpha value is -0.660. The summed E-state index contributed by atoms with van der Waals surface area (Å²) in [7, 11) is -3.30. The second-order valence-electron chi connectivity index (χ2n) is 5.26. The van der Waals surface area contributed by atoms with Gasteiger partial charge in [-0.1, -0.05) is 0 Å². The van der Waals surface area contributed by atoms with E-state index in [-0.39, 0.29) is 23.3 Å². The maximum absolute atomic E-state index is 12.0. The molecule has 0 aromatic heterocycles. The van der Waals surface area contributed by atoms with Crippen LogP contribution in [-0.4, -0.2) is 70.1 Å². The zero-order valence-corrected chi connectivity index (χ0v) is 12.0. The maximum atomic E-state index is 12.0. The minimum Gasteiger partial charge on any atom is -0.378 e. The number of ether oxygens (including phenoxy) is 1. The minimum absolute atomic E-state index is 0.121. The van der Waals surface area contributed by atoms with Crippen LogP contribution >= 0.6 is 0 Å². The Morgan fingerprint density at radius 1 is 1.32 bits per heavy atom. The van der Waals surface area contributed by atoms with Crippen molar-refractivity contribution in [2.75, 3.05) is 50.9 Å². The number of nitrogens with zero attached hydrogens (tertiary/aromatic N) is 1. The van der Waals surface area contributed by atoms with E-state index >= 15 is 0 Å². The van der Waals surface area contributed by atoms with Crippen LogP contribution in [0.4, 0.5) is 0 Å². The second kappa shape index (κ2) is 6.67. The molecular formula is C12H22N2O4S. The van der Waals surface area contributed by atoms with Crippen LogP contribution in [0.15, 0.2) is 0 Å². The fourth-order valence-corrected chi connectivity index (χ4v) is 4.26. The Morgan fingerprint density at radius 2 is 2.05 bits per heavy atom. The van der Waals surface area contributed by atoms with E-state index in [9.17, 15) is 13.2 Å². The summed E-state index contributed by atoms with van der Waals surface area (Å²) >= 11 is 0. The van der Waals surface area contributed by atoms with Crippen LogP contribution in [0.1, 0.15) is 12.8 Å². The Bertz CT molecular complexity index is 398. The highest BCUT2D eigenvalue weighted by Gasteiger charge is 2.26. The van der Waals surface area contributed by atoms with E-state index in [4.69, 9.17) is 4.74 Å². The topological polar surface area (TPSA) is 75.7 Å². The Balaban J connectivity index is 1.83. The van der Waals surface area contributed by atoms with Gasteiger partial charge < -0.3 is 15.0 Å². The summed E-state index contributed by atoms with van der Waals surface area (Å²) in [5.41, 5.74) is 0. The van der Waals surface area contributed by atoms with E-state index < -0.39 is 9.84 Å². The fourth-order valence-electron chi connectivity index (χ4n) is 2.58. The first-order valence-electron chi connectivity index (χ1n) is 6.83. The predicted molar refractivity (Wildman–Crippen MR) is 71.6 cm³/mol. The average molecular weight is 290 g/mol. The standard InChI is InChI=1S/C12H22N2O4S/c15-12(14-4-6-18-7-5-14)10-19(16,17)9-11-2-1-3-13-8-11/h11,13H,1-10H2. The van der Waals surface area contributed by atoms with Crippen molar-refractivity contribution in [2.45, 2.75) is 12.8 Å². The van der Waals surface area contributed by atoms with Crippen molar-refractivity contribution < 1.29 is 17.9 Å². The highest BCUT2D eigenvalue weighted by Crippen LogP contribution is 2.13. The Kier molecular flexibility index (Phi) is 5.18. The number of morpholine rings is 1. The molecule has 7 heteroatoms. The first kappa shape index (κ1) is 14.7. The van der Waals surface area contributed by atoms with Crippen LogP contribution < -0.4 is 5.32 Å². The van der Waals surface area contributed by atoms with Gasteiger partial charge in [0.1, 0.15) is 5.75 Å². The second-order valence-corrected chi connectivity index (χ2v) is 7.37. The molecule has 6 nitrogen and oxygen atoms in total. The molecule has 0 saturated carbocycles. The van der Waals surface area contributed by atoms with Gasteiger partial charge in [0.05, 0.1) is 19.0 Å². The molecule has 1 atom stereocenters. The first-order valence-corrected chi connectivity index (χ1v) is 8.65. The Labute approximate surface area is 114 Å². The fraction of sp³-hybridized carbons (Fsp3) is 0.917. The molecule has 0 aromatic carbocycles. The SMILES string of the molecule is O=C(CS(=O)(=O)CC1CCCNC1)N1CCOCC1. The smallest absolute Gasteiger partial charge is 0.237 e. The van der Waals surface area contributed by atoms with Gasteiger partial charge in [0.25, 0.3) is 0 Å². The van der Waals surface area contributed by atoms with Gasteiger partial charge in [-0.05, 0) is 31.8 Å². The summed E-state index contributed by atoms with van der Waals surface area (Å²) in [4.78, 5) is 13.5. The van der Waals surface area contributed by atoms with Crippen molar-refractivity contribution in [3.8, 4) is 0 Å². The van der Waals surface area contributed by atoms with Crippen molar-refractivity contribution in [1.29, 1.82) is 0 Å². The van der Waals surface area contributed by atoms with Gasteiger partial charge >= 0.3 is 0 Å². The summed E-state index contributed by atoms with van der Waals surface area (Å²) in [5.74, 6) is -0.372. The molecule has 0 spiro atoms. The number of nitrogens with one attached hydrogen (secondary N) is 1. The average Bonchev–Trinajstić information content (AvgIpc) is 2.39. The molecule has 0 radical (unpaired) electrons. The number of sulfone groups is 1. The summed E-state index contributed by atoms with van der Waals surface area (Å²) < 4.78 is 29.2. The van der Waals surface area contributed by atoms with Gasteiger partial charge in [0.2, 0.25) is 5.91 Å². The van der Waals surface area contributed by atoms with Crippen molar-refractivity contribution >= 4 is 15.7 Å². The summed E-state index contributed by atoms with van der Waals surface area (Å²) in [6.45, 7) is 3.70. The van der Waals surface area contributed by atoms with Gasteiger partial charge in [-0.2, -0.15) is 0 Å². The summed E-state index contributed by atoms with van der Waals surface area (Å²) in [6.07, 6.45) is 1.94. The van der Waals surface area contributed by atoms with E-state index in [2.05, 4.69) is 5.32 Å². The summed E-state index contributed by atoms with van der Waals surface area (Å²) in [6, 6.07) is 0. The van der Waals surface area contributed by atoms with Gasteiger partial charge in [0, 0.05) is 13.1 Å². The van der Waals surface area contributed by atoms with Crippen molar-refractivity contribution in [1.82, 2.24) is 10.2 Å². The molecule has 19 heavy (non-hydrogen) atoms. The van der Waals surface area contributed by atoms with Crippen LogP contribution in [0.5, 0.6) is 0 Å². The third kappa shape index (κ3) is 4.74. The zero-order chi connectivity index (χ0) is 13.7. The largest absolute Gasteiger partial charge is 0.378 e. The molecule has 0 aliphatic carbocycles. The molecule has 2 aliphatic heterocycles. The molecule has 0 aromatic rings. The molecule has 1 amide bonds. The number of carbonyl (C=O) groups excluding carboxylic acids is 1. The van der Waals surface area contributed by atoms with Crippen molar-refractivity contribution in [3.05, 3.63) is 0 Å². The van der Waals surface area contributed by atoms with Crippen LogP contribution in [0.2, 0.25) is 0 Å². The van der Waals surface area contributed by atoms with E-state index in [1.54, 1.807) is 4.90 Å². The third-order valence-corrected chi connectivity index (χ3v) is 5.26. The number of carbonyl (C=O) groups is 1. The molecule has 2 fully saturated rings. The quantitative estimate of drug-likeness (QED) is 0.738. The lowest BCUT2D eigenvalue weighted by atomic mass is 10.0. The minimum atomic E-state index is -3.30. The maximum Gasteiger partial charge on any atom is 0.237 e. The molecule has 1 N–H and O–H groups in total. The van der Waals surface area contributed by atoms with Crippen molar-refractivity contribution in [2.24, 2.45) is 5.92 Å². The molecule has 2 rings (SSSR count). The molecule has 2 saturated heterocycles. The lowest BCUT2D eigenvalue weighted by Gasteiger charge is -2.27. The van der Waals surface area contributed by atoms with Gasteiger partial charge in [-0.15, -0.1) is 0 Å². The van der Waals surface area contributed by atoms with Gasteiger partial charge in [0.15, 0.2) is 9.84 Å². The predicted octanol–water partition coefficient (Wildman–Crippen LogP) is -0.740. The number of hydrogen-bond acceptors (Lipinski definition) is 5. The van der Waals surface area contributed by atoms with Crippen LogP contribution in [0.25, 0.3) is 0 Å². The first-order chi connectivity index (χ1) is 9.07. The number of piperidine rings is 1. The highest BCUT2D eigenvalue weighted by atomic mass is 32.2. The zero-order valence-electron chi connectivity index (χ0n) is 11.1. The van der Waals surface area contributed by atoms with E-state index in [1.165, 1.54) is 0 Å².